The van der Waals surface area contributed by atoms with Gasteiger partial charge in [-0.3, -0.25) is 0 Å². The average molecular weight is 262 g/mol. The van der Waals surface area contributed by atoms with Gasteiger partial charge in [0, 0.05) is 6.20 Å². The fourth-order valence-corrected chi connectivity index (χ4v) is 2.15. The number of rotatable bonds is 4. The van der Waals surface area contributed by atoms with Gasteiger partial charge in [0.05, 0.1) is 17.9 Å². The minimum atomic E-state index is -1.02. The summed E-state index contributed by atoms with van der Waals surface area (Å²) in [4.78, 5) is 18.9. The monoisotopic (exact) mass is 262 g/mol. The third kappa shape index (κ3) is 3.30. The van der Waals surface area contributed by atoms with Crippen LogP contribution in [0.5, 0.6) is 6.01 Å². The van der Waals surface area contributed by atoms with E-state index in [1.807, 2.05) is 0 Å². The number of allylic oxidation sites excluding steroid dienone is 2. The second-order valence-electron chi connectivity index (χ2n) is 4.95. The lowest BCUT2D eigenvalue weighted by Gasteiger charge is -2.24. The Balaban J connectivity index is 1.98. The molecule has 0 fully saturated rings. The lowest BCUT2D eigenvalue weighted by atomic mass is 9.85. The molecule has 0 spiro atoms. The molecule has 0 bridgehead atoms. The summed E-state index contributed by atoms with van der Waals surface area (Å²) in [7, 11) is 0. The van der Waals surface area contributed by atoms with Crippen LogP contribution >= 0.6 is 0 Å². The number of aromatic nitrogens is 2. The molecule has 1 aromatic rings. The number of nitrogens with zero attached hydrogens (tertiary/aromatic N) is 2. The van der Waals surface area contributed by atoms with Gasteiger partial charge in [0.2, 0.25) is 0 Å². The lowest BCUT2D eigenvalue weighted by Crippen LogP contribution is -2.21. The van der Waals surface area contributed by atoms with E-state index in [2.05, 4.69) is 29.0 Å². The van der Waals surface area contributed by atoms with Gasteiger partial charge < -0.3 is 9.84 Å². The quantitative estimate of drug-likeness (QED) is 0.844. The summed E-state index contributed by atoms with van der Waals surface area (Å²) in [6.45, 7) is 4.42. The highest BCUT2D eigenvalue weighted by atomic mass is 16.5. The summed E-state index contributed by atoms with van der Waals surface area (Å²) in [5, 5.41) is 8.90. The molecular weight excluding hydrogens is 244 g/mol. The Labute approximate surface area is 112 Å². The predicted octanol–water partition coefficient (Wildman–Crippen LogP) is 2.46. The average Bonchev–Trinajstić information content (AvgIpc) is 2.37. The zero-order chi connectivity index (χ0) is 13.8. The molecule has 19 heavy (non-hydrogen) atoms. The SMILES string of the molecule is Cc1nc(OCC2CC=CCC2C)ncc1C(=O)O. The third-order valence-corrected chi connectivity index (χ3v) is 3.53. The van der Waals surface area contributed by atoms with Crippen molar-refractivity contribution in [1.82, 2.24) is 9.97 Å². The molecule has 1 aromatic heterocycles. The van der Waals surface area contributed by atoms with Crippen LogP contribution in [0.1, 0.15) is 35.8 Å². The molecule has 1 aliphatic rings. The molecule has 1 heterocycles. The maximum Gasteiger partial charge on any atom is 0.339 e. The zero-order valence-electron chi connectivity index (χ0n) is 11.2. The molecule has 5 heteroatoms. The van der Waals surface area contributed by atoms with Gasteiger partial charge in [0.25, 0.3) is 0 Å². The smallest absolute Gasteiger partial charge is 0.339 e. The first-order valence-electron chi connectivity index (χ1n) is 6.42. The van der Waals surface area contributed by atoms with Crippen LogP contribution in [0.4, 0.5) is 0 Å². The number of aryl methyl sites for hydroxylation is 1. The molecule has 0 aromatic carbocycles. The van der Waals surface area contributed by atoms with Crippen molar-refractivity contribution in [1.29, 1.82) is 0 Å². The van der Waals surface area contributed by atoms with Crippen LogP contribution < -0.4 is 4.74 Å². The van der Waals surface area contributed by atoms with Crippen molar-refractivity contribution in [3.63, 3.8) is 0 Å². The van der Waals surface area contributed by atoms with E-state index in [0.717, 1.165) is 12.8 Å². The van der Waals surface area contributed by atoms with Crippen molar-refractivity contribution >= 4 is 5.97 Å². The van der Waals surface area contributed by atoms with Crippen LogP contribution in [-0.2, 0) is 0 Å². The molecule has 1 N–H and O–H groups in total. The Morgan fingerprint density at radius 2 is 2.21 bits per heavy atom. The normalized spacial score (nSPS) is 22.2. The van der Waals surface area contributed by atoms with Gasteiger partial charge in [-0.1, -0.05) is 19.1 Å². The van der Waals surface area contributed by atoms with E-state index >= 15 is 0 Å². The van der Waals surface area contributed by atoms with Gasteiger partial charge in [0.1, 0.15) is 0 Å². The predicted molar refractivity (Wildman–Crippen MR) is 70.3 cm³/mol. The maximum atomic E-state index is 10.9. The van der Waals surface area contributed by atoms with Crippen LogP contribution in [0.15, 0.2) is 18.3 Å². The van der Waals surface area contributed by atoms with Gasteiger partial charge >= 0.3 is 12.0 Å². The molecule has 0 aliphatic heterocycles. The summed E-state index contributed by atoms with van der Waals surface area (Å²) in [5.74, 6) is 0.0348. The Bertz CT molecular complexity index is 499. The van der Waals surface area contributed by atoms with Crippen LogP contribution in [0.3, 0.4) is 0 Å². The fourth-order valence-electron chi connectivity index (χ4n) is 2.15. The molecular formula is C14H18N2O3. The topological polar surface area (TPSA) is 72.3 Å². The number of ether oxygens (including phenoxy) is 1. The molecule has 5 nitrogen and oxygen atoms in total. The van der Waals surface area contributed by atoms with E-state index in [1.165, 1.54) is 6.20 Å². The minimum Gasteiger partial charge on any atom is -0.478 e. The van der Waals surface area contributed by atoms with Crippen molar-refractivity contribution in [2.75, 3.05) is 6.61 Å². The lowest BCUT2D eigenvalue weighted by molar-refractivity contribution is 0.0694. The van der Waals surface area contributed by atoms with Crippen molar-refractivity contribution in [2.24, 2.45) is 11.8 Å². The molecule has 2 rings (SSSR count). The summed E-state index contributed by atoms with van der Waals surface area (Å²) in [6, 6.07) is 0.254. The molecule has 0 amide bonds. The minimum absolute atomic E-state index is 0.112. The van der Waals surface area contributed by atoms with Gasteiger partial charge in [-0.15, -0.1) is 0 Å². The van der Waals surface area contributed by atoms with E-state index in [1.54, 1.807) is 6.92 Å². The van der Waals surface area contributed by atoms with Crippen LogP contribution in [-0.4, -0.2) is 27.7 Å². The van der Waals surface area contributed by atoms with E-state index < -0.39 is 5.97 Å². The van der Waals surface area contributed by atoms with E-state index in [4.69, 9.17) is 9.84 Å². The Morgan fingerprint density at radius 3 is 2.84 bits per heavy atom. The fraction of sp³-hybridized carbons (Fsp3) is 0.500. The number of hydrogen-bond acceptors (Lipinski definition) is 4. The highest BCUT2D eigenvalue weighted by Gasteiger charge is 2.19. The third-order valence-electron chi connectivity index (χ3n) is 3.53. The highest BCUT2D eigenvalue weighted by molar-refractivity contribution is 5.88. The molecule has 0 radical (unpaired) electrons. The molecule has 0 saturated heterocycles. The highest BCUT2D eigenvalue weighted by Crippen LogP contribution is 2.25. The van der Waals surface area contributed by atoms with Crippen molar-refractivity contribution in [3.05, 3.63) is 29.6 Å². The molecule has 102 valence electrons. The summed E-state index contributed by atoms with van der Waals surface area (Å²) in [6.07, 6.45) is 7.75. The maximum absolute atomic E-state index is 10.9. The number of aromatic carboxylic acids is 1. The second-order valence-corrected chi connectivity index (χ2v) is 4.95. The zero-order valence-corrected chi connectivity index (χ0v) is 11.2. The largest absolute Gasteiger partial charge is 0.478 e. The Hall–Kier alpha value is -1.91. The van der Waals surface area contributed by atoms with Crippen LogP contribution in [0.2, 0.25) is 0 Å². The molecule has 1 aliphatic carbocycles. The van der Waals surface area contributed by atoms with Crippen LogP contribution in [0.25, 0.3) is 0 Å². The first kappa shape index (κ1) is 13.5. The van der Waals surface area contributed by atoms with Gasteiger partial charge in [-0.25, -0.2) is 9.78 Å². The van der Waals surface area contributed by atoms with E-state index in [-0.39, 0.29) is 11.6 Å². The summed E-state index contributed by atoms with van der Waals surface area (Å²) in [5.41, 5.74) is 0.537. The molecule has 2 unspecified atom stereocenters. The number of carboxylic acids is 1. The molecule has 2 atom stereocenters. The Kier molecular flexibility index (Phi) is 4.14. The van der Waals surface area contributed by atoms with Gasteiger partial charge in [-0.2, -0.15) is 4.98 Å². The number of carbonyl (C=O) groups is 1. The first-order valence-corrected chi connectivity index (χ1v) is 6.42. The van der Waals surface area contributed by atoms with Crippen molar-refractivity contribution in [2.45, 2.75) is 26.7 Å². The number of carboxylic acid groups (broad SMARTS) is 1. The van der Waals surface area contributed by atoms with Crippen LogP contribution in [0, 0.1) is 18.8 Å². The number of hydrogen-bond donors (Lipinski definition) is 1. The summed E-state index contributed by atoms with van der Waals surface area (Å²) < 4.78 is 5.58. The van der Waals surface area contributed by atoms with Gasteiger partial charge in [-0.05, 0) is 31.6 Å². The Morgan fingerprint density at radius 1 is 1.47 bits per heavy atom. The van der Waals surface area contributed by atoms with Crippen molar-refractivity contribution < 1.29 is 14.6 Å². The second kappa shape index (κ2) is 5.82. The standard InChI is InChI=1S/C14H18N2O3/c1-9-5-3-4-6-11(9)8-19-14-15-7-12(13(17)18)10(2)16-14/h3-4,7,9,11H,5-6,8H2,1-2H3,(H,17,18). The molecule has 0 saturated carbocycles. The first-order chi connectivity index (χ1) is 9.08. The van der Waals surface area contributed by atoms with E-state index in [0.29, 0.717) is 24.1 Å². The van der Waals surface area contributed by atoms with Crippen molar-refractivity contribution in [3.8, 4) is 6.01 Å². The van der Waals surface area contributed by atoms with E-state index in [9.17, 15) is 4.79 Å². The summed E-state index contributed by atoms with van der Waals surface area (Å²) >= 11 is 0. The van der Waals surface area contributed by atoms with Gasteiger partial charge in [0.15, 0.2) is 0 Å².